The Balaban J connectivity index is 3.31. The maximum absolute atomic E-state index is 10.9. The molecule has 1 amide bonds. The molecule has 0 aliphatic heterocycles. The fourth-order valence-electron chi connectivity index (χ4n) is 0.673. The second-order valence-electron chi connectivity index (χ2n) is 2.50. The molecule has 0 aliphatic carbocycles. The fourth-order valence-corrected chi connectivity index (χ4v) is 0.673. The van der Waals surface area contributed by atoms with Gasteiger partial charge in [0, 0.05) is 12.7 Å². The monoisotopic (exact) mass is 187 g/mol. The smallest absolute Gasteiger partial charge is 0.241 e. The van der Waals surface area contributed by atoms with Gasteiger partial charge in [-0.05, 0) is 6.42 Å². The van der Waals surface area contributed by atoms with Gasteiger partial charge in [-0.1, -0.05) is 6.58 Å². The van der Waals surface area contributed by atoms with Crippen molar-refractivity contribution in [2.45, 2.75) is 12.5 Å². The van der Waals surface area contributed by atoms with E-state index in [2.05, 4.69) is 17.2 Å². The summed E-state index contributed by atoms with van der Waals surface area (Å²) in [6.07, 6.45) is 0.884. The largest absolute Gasteiger partial charge is 0.394 e. The fraction of sp³-hybridized carbons (Fsp3) is 0.625. The molecule has 0 heterocycles. The zero-order valence-corrected chi connectivity index (χ0v) is 7.44. The summed E-state index contributed by atoms with van der Waals surface area (Å²) in [4.78, 5) is 10.9. The molecule has 0 fully saturated rings. The number of aliphatic hydroxyl groups is 2. The SMILES string of the molecule is C=C[N]CC(=O)NCCC(O)CO. The van der Waals surface area contributed by atoms with Crippen molar-refractivity contribution in [1.29, 1.82) is 0 Å². The van der Waals surface area contributed by atoms with Crippen LogP contribution in [0.15, 0.2) is 12.8 Å². The van der Waals surface area contributed by atoms with E-state index >= 15 is 0 Å². The lowest BCUT2D eigenvalue weighted by molar-refractivity contribution is -0.120. The highest BCUT2D eigenvalue weighted by Gasteiger charge is 2.03. The van der Waals surface area contributed by atoms with E-state index in [0.717, 1.165) is 0 Å². The summed E-state index contributed by atoms with van der Waals surface area (Å²) in [7, 11) is 0. The van der Waals surface area contributed by atoms with Crippen LogP contribution in [0.2, 0.25) is 0 Å². The van der Waals surface area contributed by atoms with Crippen molar-refractivity contribution < 1.29 is 15.0 Å². The van der Waals surface area contributed by atoms with Crippen molar-refractivity contribution in [3.05, 3.63) is 12.8 Å². The van der Waals surface area contributed by atoms with Gasteiger partial charge < -0.3 is 15.5 Å². The summed E-state index contributed by atoms with van der Waals surface area (Å²) in [5, 5.41) is 23.5. The van der Waals surface area contributed by atoms with Crippen LogP contribution < -0.4 is 10.6 Å². The number of rotatable bonds is 7. The molecule has 0 bridgehead atoms. The summed E-state index contributed by atoms with van der Waals surface area (Å²) >= 11 is 0. The van der Waals surface area contributed by atoms with Crippen LogP contribution in [0.1, 0.15) is 6.42 Å². The van der Waals surface area contributed by atoms with Gasteiger partial charge >= 0.3 is 0 Å². The number of carbonyl (C=O) groups is 1. The summed E-state index contributed by atoms with van der Waals surface area (Å²) in [5.74, 6) is -0.218. The summed E-state index contributed by atoms with van der Waals surface area (Å²) < 4.78 is 0. The predicted molar refractivity (Wildman–Crippen MR) is 47.9 cm³/mol. The van der Waals surface area contributed by atoms with Crippen LogP contribution in [0.25, 0.3) is 0 Å². The first-order chi connectivity index (χ1) is 6.20. The van der Waals surface area contributed by atoms with E-state index < -0.39 is 6.10 Å². The molecule has 1 atom stereocenters. The molecule has 5 nitrogen and oxygen atoms in total. The zero-order chi connectivity index (χ0) is 10.1. The summed E-state index contributed by atoms with van der Waals surface area (Å²) in [5.41, 5.74) is 0. The Labute approximate surface area is 77.5 Å². The van der Waals surface area contributed by atoms with Crippen LogP contribution in [0.4, 0.5) is 0 Å². The molecule has 0 spiro atoms. The van der Waals surface area contributed by atoms with E-state index in [4.69, 9.17) is 10.2 Å². The molecular weight excluding hydrogens is 172 g/mol. The van der Waals surface area contributed by atoms with Gasteiger partial charge in [-0.2, -0.15) is 0 Å². The molecule has 0 aromatic carbocycles. The minimum absolute atomic E-state index is 0.0543. The Hall–Kier alpha value is -1.07. The number of hydrogen-bond donors (Lipinski definition) is 3. The highest BCUT2D eigenvalue weighted by Crippen LogP contribution is 1.86. The molecule has 0 saturated carbocycles. The lowest BCUT2D eigenvalue weighted by Gasteiger charge is -2.07. The minimum Gasteiger partial charge on any atom is -0.394 e. The third kappa shape index (κ3) is 7.30. The molecule has 3 N–H and O–H groups in total. The van der Waals surface area contributed by atoms with Crippen LogP contribution in [0.5, 0.6) is 0 Å². The topological polar surface area (TPSA) is 83.7 Å². The highest BCUT2D eigenvalue weighted by atomic mass is 16.3. The molecule has 0 rings (SSSR count). The van der Waals surface area contributed by atoms with Crippen molar-refractivity contribution in [2.75, 3.05) is 19.7 Å². The van der Waals surface area contributed by atoms with Crippen molar-refractivity contribution in [1.82, 2.24) is 10.6 Å². The van der Waals surface area contributed by atoms with Crippen LogP contribution in [-0.2, 0) is 4.79 Å². The highest BCUT2D eigenvalue weighted by molar-refractivity contribution is 5.77. The normalized spacial score (nSPS) is 11.8. The first-order valence-electron chi connectivity index (χ1n) is 4.03. The van der Waals surface area contributed by atoms with Crippen LogP contribution >= 0.6 is 0 Å². The van der Waals surface area contributed by atoms with Gasteiger partial charge in [0.25, 0.3) is 0 Å². The lowest BCUT2D eigenvalue weighted by Crippen LogP contribution is -2.32. The van der Waals surface area contributed by atoms with Crippen LogP contribution in [0, 0.1) is 0 Å². The van der Waals surface area contributed by atoms with Crippen LogP contribution in [-0.4, -0.2) is 41.9 Å². The minimum atomic E-state index is -0.767. The Bertz CT molecular complexity index is 161. The molecule has 0 aromatic rings. The Morgan fingerprint density at radius 3 is 2.92 bits per heavy atom. The van der Waals surface area contributed by atoms with Gasteiger partial charge in [-0.15, -0.1) is 0 Å². The van der Waals surface area contributed by atoms with Gasteiger partial charge in [0.2, 0.25) is 5.91 Å². The lowest BCUT2D eigenvalue weighted by atomic mass is 10.3. The van der Waals surface area contributed by atoms with Gasteiger partial charge in [-0.25, -0.2) is 0 Å². The molecule has 0 saturated heterocycles. The first kappa shape index (κ1) is 11.9. The first-order valence-corrected chi connectivity index (χ1v) is 4.03. The Morgan fingerprint density at radius 1 is 1.69 bits per heavy atom. The van der Waals surface area contributed by atoms with Gasteiger partial charge in [0.15, 0.2) is 0 Å². The quantitative estimate of drug-likeness (QED) is 0.458. The molecule has 0 aromatic heterocycles. The van der Waals surface area contributed by atoms with E-state index in [9.17, 15) is 4.79 Å². The van der Waals surface area contributed by atoms with Crippen molar-refractivity contribution in [3.63, 3.8) is 0 Å². The number of carbonyl (C=O) groups excluding carboxylic acids is 1. The van der Waals surface area contributed by atoms with Gasteiger partial charge in [0.05, 0.1) is 12.7 Å². The Kier molecular flexibility index (Phi) is 6.95. The van der Waals surface area contributed by atoms with Gasteiger partial charge in [-0.3, -0.25) is 10.1 Å². The van der Waals surface area contributed by atoms with Crippen molar-refractivity contribution in [2.24, 2.45) is 0 Å². The van der Waals surface area contributed by atoms with E-state index in [1.165, 1.54) is 6.20 Å². The number of nitrogens with one attached hydrogen (secondary N) is 1. The maximum Gasteiger partial charge on any atom is 0.241 e. The summed E-state index contributed by atoms with van der Waals surface area (Å²) in [6.45, 7) is 3.44. The average molecular weight is 187 g/mol. The number of nitrogens with zero attached hydrogens (tertiary/aromatic N) is 1. The molecule has 1 unspecified atom stereocenters. The molecular formula is C8H15N2O3. The van der Waals surface area contributed by atoms with E-state index in [1.807, 2.05) is 0 Å². The third-order valence-electron chi connectivity index (χ3n) is 1.37. The van der Waals surface area contributed by atoms with Gasteiger partial charge in [0.1, 0.15) is 6.54 Å². The second-order valence-corrected chi connectivity index (χ2v) is 2.50. The third-order valence-corrected chi connectivity index (χ3v) is 1.37. The van der Waals surface area contributed by atoms with E-state index in [0.29, 0.717) is 13.0 Å². The molecule has 13 heavy (non-hydrogen) atoms. The number of aliphatic hydroxyl groups excluding tert-OH is 2. The molecule has 1 radical (unpaired) electrons. The molecule has 5 heteroatoms. The number of hydrogen-bond acceptors (Lipinski definition) is 3. The molecule has 75 valence electrons. The second kappa shape index (κ2) is 7.57. The standard InChI is InChI=1S/C8H15N2O3/c1-2-9-5-8(13)10-4-3-7(12)6-11/h2,7,11-12H,1,3-6H2,(H,10,13). The predicted octanol–water partition coefficient (Wildman–Crippen LogP) is -1.41. The van der Waals surface area contributed by atoms with E-state index in [-0.39, 0.29) is 19.1 Å². The summed E-state index contributed by atoms with van der Waals surface area (Å²) in [6, 6.07) is 0. The van der Waals surface area contributed by atoms with Crippen LogP contribution in [0.3, 0.4) is 0 Å². The Morgan fingerprint density at radius 2 is 2.38 bits per heavy atom. The maximum atomic E-state index is 10.9. The van der Waals surface area contributed by atoms with Crippen molar-refractivity contribution in [3.8, 4) is 0 Å². The molecule has 0 aliphatic rings. The zero-order valence-electron chi connectivity index (χ0n) is 7.44. The average Bonchev–Trinajstić information content (AvgIpc) is 2.14. The van der Waals surface area contributed by atoms with Crippen molar-refractivity contribution >= 4 is 5.91 Å². The number of amides is 1. The van der Waals surface area contributed by atoms with E-state index in [1.54, 1.807) is 0 Å².